The highest BCUT2D eigenvalue weighted by molar-refractivity contribution is 6.20. The van der Waals surface area contributed by atoms with E-state index < -0.39 is 11.4 Å². The average Bonchev–Trinajstić information content (AvgIpc) is 3.74. The second kappa shape index (κ2) is 13.4. The highest BCUT2D eigenvalue weighted by atomic mass is 16.2. The molecule has 1 aliphatic carbocycles. The Morgan fingerprint density at radius 1 is 0.873 bits per heavy atom. The van der Waals surface area contributed by atoms with Gasteiger partial charge in [0, 0.05) is 97.1 Å². The standard InChI is InChI=1S/C43H46N8O4/c1-4-28-21-33-34(43(2,3)40-38(39(33)53)32-8-5-26(23-44)20-35(32)45-40)22-36(28)49-12-9-30(10-13-49)48-17-15-47(16-18-48)24-27-6-7-31-29(19-27)25-51(41(31)54)50-14-11-37(52)46-42(50)55/h5-8,19-22,30,45H,4,9-18,24-25H2,1-3H3,(H,46,52,55). The van der Waals surface area contributed by atoms with Gasteiger partial charge in [-0.3, -0.25) is 29.5 Å². The van der Waals surface area contributed by atoms with E-state index in [9.17, 15) is 24.4 Å². The number of hydrogen-bond acceptors (Lipinski definition) is 8. The number of nitrogens with one attached hydrogen (secondary N) is 2. The van der Waals surface area contributed by atoms with Crippen LogP contribution in [-0.4, -0.2) is 100 Å². The lowest BCUT2D eigenvalue weighted by Crippen LogP contribution is -2.56. The van der Waals surface area contributed by atoms with E-state index in [1.807, 2.05) is 24.3 Å². The first-order valence-electron chi connectivity index (χ1n) is 19.6. The van der Waals surface area contributed by atoms with E-state index in [2.05, 4.69) is 70.0 Å². The van der Waals surface area contributed by atoms with Crippen LogP contribution in [0.3, 0.4) is 0 Å². The fourth-order valence-corrected chi connectivity index (χ4v) is 9.61. The molecule has 4 aromatic rings. The number of piperazine rings is 1. The van der Waals surface area contributed by atoms with Gasteiger partial charge in [0.15, 0.2) is 5.78 Å². The van der Waals surface area contributed by atoms with Gasteiger partial charge in [0.05, 0.1) is 30.3 Å². The number of carbonyl (C=O) groups excluding carboxylic acids is 4. The number of aryl methyl sites for hydroxylation is 1. The van der Waals surface area contributed by atoms with Crippen molar-refractivity contribution in [2.45, 2.75) is 71.0 Å². The van der Waals surface area contributed by atoms with Crippen molar-refractivity contribution < 1.29 is 19.2 Å². The number of nitrogens with zero attached hydrogens (tertiary/aromatic N) is 6. The van der Waals surface area contributed by atoms with Crippen molar-refractivity contribution in [3.05, 3.63) is 98.7 Å². The van der Waals surface area contributed by atoms with Gasteiger partial charge in [0.25, 0.3) is 5.91 Å². The van der Waals surface area contributed by atoms with Gasteiger partial charge in [0.2, 0.25) is 5.91 Å². The molecule has 0 bridgehead atoms. The van der Waals surface area contributed by atoms with Crippen molar-refractivity contribution in [3.8, 4) is 6.07 Å². The molecule has 0 radical (unpaired) electrons. The zero-order chi connectivity index (χ0) is 38.2. The number of piperidine rings is 1. The maximum atomic E-state index is 14.1. The van der Waals surface area contributed by atoms with Gasteiger partial charge in [0.1, 0.15) is 0 Å². The van der Waals surface area contributed by atoms with Crippen LogP contribution in [0.1, 0.15) is 99.8 Å². The summed E-state index contributed by atoms with van der Waals surface area (Å²) in [5.41, 5.74) is 9.63. The molecule has 2 N–H and O–H groups in total. The Morgan fingerprint density at radius 3 is 2.38 bits per heavy atom. The van der Waals surface area contributed by atoms with E-state index in [4.69, 9.17) is 0 Å². The zero-order valence-corrected chi connectivity index (χ0v) is 31.7. The molecule has 0 spiro atoms. The van der Waals surface area contributed by atoms with Crippen molar-refractivity contribution in [1.29, 1.82) is 5.26 Å². The van der Waals surface area contributed by atoms with Crippen molar-refractivity contribution in [3.63, 3.8) is 0 Å². The summed E-state index contributed by atoms with van der Waals surface area (Å²) in [6.07, 6.45) is 3.21. The first kappa shape index (κ1) is 35.2. The van der Waals surface area contributed by atoms with Crippen LogP contribution in [-0.2, 0) is 29.7 Å². The predicted molar refractivity (Wildman–Crippen MR) is 208 cm³/mol. The summed E-state index contributed by atoms with van der Waals surface area (Å²) < 4.78 is 0. The first-order valence-corrected chi connectivity index (χ1v) is 19.6. The van der Waals surface area contributed by atoms with E-state index in [-0.39, 0.29) is 30.6 Å². The molecule has 4 amide bonds. The molecule has 0 saturated carbocycles. The Kier molecular flexibility index (Phi) is 8.55. The molecule has 282 valence electrons. The van der Waals surface area contributed by atoms with Gasteiger partial charge >= 0.3 is 6.03 Å². The minimum Gasteiger partial charge on any atom is -0.371 e. The lowest BCUT2D eigenvalue weighted by molar-refractivity contribution is -0.123. The smallest absolute Gasteiger partial charge is 0.342 e. The minimum absolute atomic E-state index is 0.0558. The van der Waals surface area contributed by atoms with Gasteiger partial charge in [-0.05, 0) is 71.8 Å². The Balaban J connectivity index is 0.831. The lowest BCUT2D eigenvalue weighted by Gasteiger charge is -2.44. The number of anilines is 1. The molecular weight excluding hydrogens is 693 g/mol. The summed E-state index contributed by atoms with van der Waals surface area (Å²) >= 11 is 0. The van der Waals surface area contributed by atoms with Crippen LogP contribution >= 0.6 is 0 Å². The summed E-state index contributed by atoms with van der Waals surface area (Å²) in [6.45, 7) is 13.8. The number of aromatic amines is 1. The molecule has 55 heavy (non-hydrogen) atoms. The Labute approximate surface area is 320 Å². The van der Waals surface area contributed by atoms with E-state index in [1.54, 1.807) is 6.07 Å². The number of benzene rings is 3. The molecular formula is C43H46N8O4. The Bertz CT molecular complexity index is 2320. The molecule has 5 heterocycles. The predicted octanol–water partition coefficient (Wildman–Crippen LogP) is 5.07. The third kappa shape index (κ3) is 5.88. The number of amides is 4. The highest BCUT2D eigenvalue weighted by Crippen LogP contribution is 2.46. The fraction of sp³-hybridized carbons (Fsp3) is 0.419. The van der Waals surface area contributed by atoms with Crippen LogP contribution in [0.4, 0.5) is 10.5 Å². The molecule has 0 unspecified atom stereocenters. The fourth-order valence-electron chi connectivity index (χ4n) is 9.61. The third-order valence-electron chi connectivity index (χ3n) is 12.7. The van der Waals surface area contributed by atoms with Gasteiger partial charge < -0.3 is 9.88 Å². The molecule has 12 heteroatoms. The summed E-state index contributed by atoms with van der Waals surface area (Å²) in [6, 6.07) is 18.2. The van der Waals surface area contributed by atoms with Crippen molar-refractivity contribution in [2.24, 2.45) is 0 Å². The number of rotatable bonds is 6. The van der Waals surface area contributed by atoms with Crippen molar-refractivity contribution in [1.82, 2.24) is 30.1 Å². The van der Waals surface area contributed by atoms with Crippen molar-refractivity contribution >= 4 is 40.2 Å². The van der Waals surface area contributed by atoms with Crippen LogP contribution in [0, 0.1) is 11.3 Å². The summed E-state index contributed by atoms with van der Waals surface area (Å²) in [7, 11) is 0. The summed E-state index contributed by atoms with van der Waals surface area (Å²) in [5, 5.41) is 15.4. The number of fused-ring (bicyclic) bond motifs is 5. The summed E-state index contributed by atoms with van der Waals surface area (Å²) in [5.74, 6) is -0.467. The van der Waals surface area contributed by atoms with Gasteiger partial charge in [-0.1, -0.05) is 39.0 Å². The SMILES string of the molecule is CCc1cc2c(cc1N1CCC(N3CCN(Cc4ccc5c(c4)CN(N4CCC(=O)NC4=O)C5=O)CC3)CC1)C(C)(C)c1[nH]c3cc(C#N)ccc3c1C2=O. The molecule has 12 nitrogen and oxygen atoms in total. The number of aromatic nitrogens is 1. The van der Waals surface area contributed by atoms with E-state index >= 15 is 0 Å². The van der Waals surface area contributed by atoms with Gasteiger partial charge in [-0.15, -0.1) is 0 Å². The second-order valence-corrected chi connectivity index (χ2v) is 16.2. The first-order chi connectivity index (χ1) is 26.5. The monoisotopic (exact) mass is 738 g/mol. The number of hydrogen-bond donors (Lipinski definition) is 2. The number of urea groups is 1. The average molecular weight is 739 g/mol. The molecule has 9 rings (SSSR count). The zero-order valence-electron chi connectivity index (χ0n) is 31.7. The molecule has 3 fully saturated rings. The quantitative estimate of drug-likeness (QED) is 0.280. The maximum absolute atomic E-state index is 14.1. The Morgan fingerprint density at radius 2 is 1.65 bits per heavy atom. The lowest BCUT2D eigenvalue weighted by atomic mass is 9.70. The number of H-pyrrole nitrogens is 1. The number of ketones is 1. The maximum Gasteiger partial charge on any atom is 0.342 e. The molecule has 5 aliphatic rings. The van der Waals surface area contributed by atoms with Gasteiger partial charge in [-0.2, -0.15) is 5.26 Å². The summed E-state index contributed by atoms with van der Waals surface area (Å²) in [4.78, 5) is 62.4. The number of nitriles is 1. The normalized spacial score (nSPS) is 20.4. The molecule has 3 aromatic carbocycles. The molecule has 0 atom stereocenters. The minimum atomic E-state index is -0.546. The van der Waals surface area contributed by atoms with Crippen LogP contribution in [0.25, 0.3) is 10.9 Å². The van der Waals surface area contributed by atoms with E-state index in [1.165, 1.54) is 21.3 Å². The second-order valence-electron chi connectivity index (χ2n) is 16.2. The third-order valence-corrected chi connectivity index (χ3v) is 12.7. The van der Waals surface area contributed by atoms with Crippen LogP contribution in [0.5, 0.6) is 0 Å². The number of imide groups is 1. The van der Waals surface area contributed by atoms with Crippen LogP contribution in [0.15, 0.2) is 48.5 Å². The number of hydrazine groups is 1. The molecule has 4 aliphatic heterocycles. The van der Waals surface area contributed by atoms with E-state index in [0.29, 0.717) is 23.7 Å². The molecule has 1 aromatic heterocycles. The molecule has 3 saturated heterocycles. The largest absolute Gasteiger partial charge is 0.371 e. The van der Waals surface area contributed by atoms with Crippen LogP contribution < -0.4 is 10.2 Å². The number of carbonyl (C=O) groups is 4. The Hall–Kier alpha value is -5.51. The topological polar surface area (TPSA) is 136 Å². The van der Waals surface area contributed by atoms with Crippen molar-refractivity contribution in [2.75, 3.05) is 50.7 Å². The van der Waals surface area contributed by atoms with Crippen LogP contribution in [0.2, 0.25) is 0 Å². The highest BCUT2D eigenvalue weighted by Gasteiger charge is 2.41. The van der Waals surface area contributed by atoms with Gasteiger partial charge in [-0.25, -0.2) is 14.8 Å². The van der Waals surface area contributed by atoms with E-state index in [0.717, 1.165) is 109 Å².